The number of aliphatic hydroxyl groups excluding tert-OH is 6. The number of esters is 1. The molecule has 12 nitrogen and oxygen atoms in total. The van der Waals surface area contributed by atoms with E-state index < -0.39 is 72.2 Å². The maximum absolute atomic E-state index is 13.6. The van der Waals surface area contributed by atoms with Crippen molar-refractivity contribution < 1.29 is 59.1 Å². The van der Waals surface area contributed by atoms with Gasteiger partial charge in [0.1, 0.15) is 36.6 Å². The third-order valence-corrected chi connectivity index (χ3v) is 17.1. The highest BCUT2D eigenvalue weighted by atomic mass is 16.8. The number of ether oxygens (including phenoxy) is 5. The number of carbonyl (C=O) groups is 1. The molecule has 4 saturated carbocycles. The van der Waals surface area contributed by atoms with Crippen molar-refractivity contribution >= 4 is 5.97 Å². The molecule has 308 valence electrons. The van der Waals surface area contributed by atoms with Gasteiger partial charge >= 0.3 is 5.97 Å². The normalized spacial score (nSPS) is 54.3. The van der Waals surface area contributed by atoms with Crippen molar-refractivity contribution in [3.63, 3.8) is 0 Å². The van der Waals surface area contributed by atoms with E-state index in [2.05, 4.69) is 47.6 Å². The SMILES string of the molecule is COC(=O)[C@]12CCC(C)(C)C[C@H]1C1=CC[C@@H]3[C@@]4(C)CC[C@H](O[C@@H]5OC[C@H](O)[C@H](O)[C@H]5O[C@@H]5O[C@@H](C)[C@H](O)[C@@H](O)[C@H]5O)[C@](C)(CO)[C@@H]4CC[C@@]3(C)[C@]1(C)CC2. The zero-order chi connectivity index (χ0) is 39.4. The molecule has 2 saturated heterocycles. The van der Waals surface area contributed by atoms with Crippen LogP contribution in [0.25, 0.3) is 0 Å². The maximum atomic E-state index is 13.6. The second-order valence-corrected chi connectivity index (χ2v) is 20.2. The second kappa shape index (κ2) is 14.0. The van der Waals surface area contributed by atoms with Crippen molar-refractivity contribution in [2.24, 2.45) is 50.2 Å². The summed E-state index contributed by atoms with van der Waals surface area (Å²) in [5, 5.41) is 64.3. The Labute approximate surface area is 320 Å². The molecule has 0 spiro atoms. The van der Waals surface area contributed by atoms with Gasteiger partial charge < -0.3 is 54.3 Å². The van der Waals surface area contributed by atoms with E-state index >= 15 is 0 Å². The molecule has 7 aliphatic rings. The molecule has 0 aromatic carbocycles. The predicted octanol–water partition coefficient (Wildman–Crippen LogP) is 3.61. The minimum Gasteiger partial charge on any atom is -0.469 e. The molecule has 0 unspecified atom stereocenters. The second-order valence-electron chi connectivity index (χ2n) is 20.2. The minimum atomic E-state index is -1.62. The summed E-state index contributed by atoms with van der Waals surface area (Å²) in [4.78, 5) is 13.6. The van der Waals surface area contributed by atoms with Gasteiger partial charge in [-0.05, 0) is 111 Å². The van der Waals surface area contributed by atoms with E-state index in [-0.39, 0.29) is 52.7 Å². The summed E-state index contributed by atoms with van der Waals surface area (Å²) < 4.78 is 29.9. The summed E-state index contributed by atoms with van der Waals surface area (Å²) in [5.41, 5.74) is 0.270. The summed E-state index contributed by atoms with van der Waals surface area (Å²) in [6.45, 7) is 15.4. The van der Waals surface area contributed by atoms with Gasteiger partial charge in [0.2, 0.25) is 0 Å². The number of allylic oxidation sites excluding steroid dienone is 2. The van der Waals surface area contributed by atoms with E-state index in [9.17, 15) is 35.4 Å². The highest BCUT2D eigenvalue weighted by molar-refractivity contribution is 5.78. The Hall–Kier alpha value is -1.19. The van der Waals surface area contributed by atoms with Crippen LogP contribution in [0, 0.1) is 50.2 Å². The standard InChI is InChI=1S/C42H68O12/c1-22-29(45)31(47)32(48)34(52-22)54-33-30(46)25(44)20-51-35(33)53-28-12-13-38(4)26(39(28,5)21-43)11-14-41(7)27(38)10-9-23-24-19-37(2,3)15-17-42(24,36(49)50-8)18-16-40(23,41)6/h9,22,24-35,43-48H,10-21H2,1-8H3/t22-,24-,25-,26+,27+,28-,29-,30-,31+,32+,33+,34-,35-,38-,39+,40+,41+,42-/m0/s1. The van der Waals surface area contributed by atoms with Crippen molar-refractivity contribution in [2.45, 2.75) is 174 Å². The van der Waals surface area contributed by atoms with Gasteiger partial charge in [0.15, 0.2) is 12.6 Å². The van der Waals surface area contributed by atoms with Crippen LogP contribution in [0.15, 0.2) is 11.6 Å². The Morgan fingerprint density at radius 3 is 2.22 bits per heavy atom. The van der Waals surface area contributed by atoms with E-state index in [0.29, 0.717) is 12.3 Å². The lowest BCUT2D eigenvalue weighted by molar-refractivity contribution is -0.365. The number of rotatable bonds is 6. The van der Waals surface area contributed by atoms with Crippen molar-refractivity contribution in [1.29, 1.82) is 0 Å². The van der Waals surface area contributed by atoms with Crippen LogP contribution in [0.1, 0.15) is 113 Å². The molecule has 6 N–H and O–H groups in total. The third-order valence-electron chi connectivity index (χ3n) is 17.1. The fraction of sp³-hybridized carbons (Fsp3) is 0.929. The summed E-state index contributed by atoms with van der Waals surface area (Å²) in [7, 11) is 1.54. The fourth-order valence-corrected chi connectivity index (χ4v) is 13.5. The van der Waals surface area contributed by atoms with Gasteiger partial charge in [0, 0.05) is 5.41 Å². The molecule has 0 radical (unpaired) electrons. The molecule has 18 atom stereocenters. The molecule has 2 aliphatic heterocycles. The summed E-state index contributed by atoms with van der Waals surface area (Å²) >= 11 is 0. The maximum Gasteiger partial charge on any atom is 0.312 e. The van der Waals surface area contributed by atoms with Crippen molar-refractivity contribution in [3.05, 3.63) is 11.6 Å². The minimum absolute atomic E-state index is 0.0158. The molecular formula is C42H68O12. The molecular weight excluding hydrogens is 696 g/mol. The van der Waals surface area contributed by atoms with Gasteiger partial charge in [-0.2, -0.15) is 0 Å². The average Bonchev–Trinajstić information content (AvgIpc) is 3.13. The Balaban J connectivity index is 1.15. The van der Waals surface area contributed by atoms with Crippen LogP contribution in [0.4, 0.5) is 0 Å². The van der Waals surface area contributed by atoms with E-state index in [0.717, 1.165) is 57.8 Å². The van der Waals surface area contributed by atoms with E-state index in [1.54, 1.807) is 7.11 Å². The molecule has 6 fully saturated rings. The number of aliphatic hydroxyl groups is 6. The van der Waals surface area contributed by atoms with Gasteiger partial charge in [0.05, 0.1) is 37.9 Å². The first-order chi connectivity index (χ1) is 25.2. The fourth-order valence-electron chi connectivity index (χ4n) is 13.5. The van der Waals surface area contributed by atoms with Crippen LogP contribution in [0.3, 0.4) is 0 Å². The van der Waals surface area contributed by atoms with Crippen LogP contribution in [0.5, 0.6) is 0 Å². The smallest absolute Gasteiger partial charge is 0.312 e. The summed E-state index contributed by atoms with van der Waals surface area (Å²) in [6, 6.07) is 0. The molecule has 0 aromatic rings. The highest BCUT2D eigenvalue weighted by Crippen LogP contribution is 2.76. The molecule has 5 aliphatic carbocycles. The Kier molecular flexibility index (Phi) is 10.6. The number of methoxy groups -OCH3 is 1. The topological polar surface area (TPSA) is 185 Å². The predicted molar refractivity (Wildman–Crippen MR) is 196 cm³/mol. The van der Waals surface area contributed by atoms with Gasteiger partial charge in [0.25, 0.3) is 0 Å². The largest absolute Gasteiger partial charge is 0.469 e. The monoisotopic (exact) mass is 764 g/mol. The van der Waals surface area contributed by atoms with Gasteiger partial charge in [-0.3, -0.25) is 4.79 Å². The Morgan fingerprint density at radius 2 is 1.54 bits per heavy atom. The van der Waals surface area contributed by atoms with Crippen LogP contribution in [-0.2, 0) is 28.5 Å². The van der Waals surface area contributed by atoms with Crippen molar-refractivity contribution in [1.82, 2.24) is 0 Å². The highest BCUT2D eigenvalue weighted by Gasteiger charge is 2.70. The lowest BCUT2D eigenvalue weighted by Gasteiger charge is -2.71. The zero-order valence-corrected chi connectivity index (χ0v) is 33.7. The quantitative estimate of drug-likeness (QED) is 0.132. The summed E-state index contributed by atoms with van der Waals surface area (Å²) in [6.07, 6.45) is -0.972. The lowest BCUT2D eigenvalue weighted by atomic mass is 9.33. The number of hydrogen-bond donors (Lipinski definition) is 6. The van der Waals surface area contributed by atoms with Crippen LogP contribution in [-0.4, -0.2) is 118 Å². The first-order valence-corrected chi connectivity index (χ1v) is 20.6. The third kappa shape index (κ3) is 5.93. The van der Waals surface area contributed by atoms with E-state index in [1.165, 1.54) is 12.5 Å². The molecule has 2 heterocycles. The van der Waals surface area contributed by atoms with Crippen LogP contribution >= 0.6 is 0 Å². The summed E-state index contributed by atoms with van der Waals surface area (Å²) in [5.74, 6) is 0.574. The Bertz CT molecular complexity index is 1450. The van der Waals surface area contributed by atoms with Gasteiger partial charge in [-0.25, -0.2) is 0 Å². The van der Waals surface area contributed by atoms with Crippen molar-refractivity contribution in [3.8, 4) is 0 Å². The first-order valence-electron chi connectivity index (χ1n) is 20.6. The molecule has 0 bridgehead atoms. The van der Waals surface area contributed by atoms with Crippen molar-refractivity contribution in [2.75, 3.05) is 20.3 Å². The molecule has 0 amide bonds. The molecule has 54 heavy (non-hydrogen) atoms. The Morgan fingerprint density at radius 1 is 0.833 bits per heavy atom. The average molecular weight is 765 g/mol. The van der Waals surface area contributed by atoms with E-state index in [4.69, 9.17) is 23.7 Å². The zero-order valence-electron chi connectivity index (χ0n) is 33.7. The first kappa shape index (κ1) is 41.0. The molecule has 7 rings (SSSR count). The van der Waals surface area contributed by atoms with Gasteiger partial charge in [-0.15, -0.1) is 0 Å². The number of hydrogen-bond acceptors (Lipinski definition) is 12. The van der Waals surface area contributed by atoms with Crippen LogP contribution < -0.4 is 0 Å². The molecule has 12 heteroatoms. The van der Waals surface area contributed by atoms with Gasteiger partial charge in [-0.1, -0.05) is 53.2 Å². The number of carbonyl (C=O) groups excluding carboxylic acids is 1. The van der Waals surface area contributed by atoms with E-state index in [1.807, 2.05) is 0 Å². The molecule has 0 aromatic heterocycles. The number of fused-ring (bicyclic) bond motifs is 7. The van der Waals surface area contributed by atoms with Crippen LogP contribution in [0.2, 0.25) is 0 Å². The lowest BCUT2D eigenvalue weighted by Crippen LogP contribution is -2.67.